The first-order chi connectivity index (χ1) is 11.5. The number of ether oxygens (including phenoxy) is 1. The van der Waals surface area contributed by atoms with Gasteiger partial charge in [-0.2, -0.15) is 0 Å². The second-order valence-electron chi connectivity index (χ2n) is 7.37. The molecular formula is C20H22N2O2. The van der Waals surface area contributed by atoms with Gasteiger partial charge in [0.15, 0.2) is 0 Å². The summed E-state index contributed by atoms with van der Waals surface area (Å²) in [7, 11) is 0. The molecule has 24 heavy (non-hydrogen) atoms. The SMILES string of the molecule is CC(C)(C)N1C(=O)NC(c2ccccc2)c2c1ccc1c2CCO1. The Labute approximate surface area is 142 Å². The van der Waals surface area contributed by atoms with Crippen molar-refractivity contribution in [3.63, 3.8) is 0 Å². The predicted octanol–water partition coefficient (Wildman–Crippen LogP) is 4.04. The molecule has 0 spiro atoms. The van der Waals surface area contributed by atoms with Gasteiger partial charge in [-0.3, -0.25) is 4.90 Å². The first-order valence-electron chi connectivity index (χ1n) is 8.41. The van der Waals surface area contributed by atoms with Gasteiger partial charge in [0.1, 0.15) is 5.75 Å². The van der Waals surface area contributed by atoms with Crippen LogP contribution < -0.4 is 15.0 Å². The quantitative estimate of drug-likeness (QED) is 0.861. The van der Waals surface area contributed by atoms with Crippen LogP contribution in [0, 0.1) is 0 Å². The van der Waals surface area contributed by atoms with E-state index in [1.807, 2.05) is 35.2 Å². The van der Waals surface area contributed by atoms with Crippen molar-refractivity contribution < 1.29 is 9.53 Å². The molecule has 4 heteroatoms. The number of fused-ring (bicyclic) bond motifs is 3. The Morgan fingerprint density at radius 2 is 1.88 bits per heavy atom. The van der Waals surface area contributed by atoms with Crippen LogP contribution in [0.1, 0.15) is 43.5 Å². The molecule has 0 fully saturated rings. The Hall–Kier alpha value is -2.49. The summed E-state index contributed by atoms with van der Waals surface area (Å²) in [6, 6.07) is 14.0. The standard InChI is InChI=1S/C20H22N2O2/c1-20(2,3)22-15-9-10-16-14(11-12-24-16)17(15)18(21-19(22)23)13-7-5-4-6-8-13/h4-10,18H,11-12H2,1-3H3,(H,21,23). The van der Waals surface area contributed by atoms with Crippen LogP contribution in [-0.2, 0) is 6.42 Å². The summed E-state index contributed by atoms with van der Waals surface area (Å²) in [6.07, 6.45) is 0.885. The summed E-state index contributed by atoms with van der Waals surface area (Å²) in [5.41, 5.74) is 4.18. The number of nitrogens with zero attached hydrogens (tertiary/aromatic N) is 1. The number of urea groups is 1. The number of benzene rings is 2. The summed E-state index contributed by atoms with van der Waals surface area (Å²) in [6.45, 7) is 6.88. The highest BCUT2D eigenvalue weighted by atomic mass is 16.5. The molecule has 1 unspecified atom stereocenters. The van der Waals surface area contributed by atoms with E-state index in [1.54, 1.807) is 0 Å². The maximum atomic E-state index is 12.9. The van der Waals surface area contributed by atoms with E-state index >= 15 is 0 Å². The van der Waals surface area contributed by atoms with Crippen LogP contribution in [0.2, 0.25) is 0 Å². The number of nitrogens with one attached hydrogen (secondary N) is 1. The molecule has 0 saturated heterocycles. The Kier molecular flexibility index (Phi) is 3.30. The fourth-order valence-corrected chi connectivity index (χ4v) is 3.74. The normalized spacial score (nSPS) is 19.4. The second-order valence-corrected chi connectivity index (χ2v) is 7.37. The van der Waals surface area contributed by atoms with Gasteiger partial charge in [0.25, 0.3) is 0 Å². The molecule has 0 saturated carbocycles. The Morgan fingerprint density at radius 1 is 1.12 bits per heavy atom. The lowest BCUT2D eigenvalue weighted by Crippen LogP contribution is -2.55. The lowest BCUT2D eigenvalue weighted by molar-refractivity contribution is 0.236. The van der Waals surface area contributed by atoms with E-state index in [1.165, 1.54) is 11.1 Å². The molecule has 2 aromatic carbocycles. The van der Waals surface area contributed by atoms with Gasteiger partial charge in [0.2, 0.25) is 0 Å². The van der Waals surface area contributed by atoms with Crippen molar-refractivity contribution in [2.24, 2.45) is 0 Å². The number of carbonyl (C=O) groups excluding carboxylic acids is 1. The number of carbonyl (C=O) groups is 1. The molecule has 0 bridgehead atoms. The molecule has 0 aliphatic carbocycles. The molecule has 2 heterocycles. The van der Waals surface area contributed by atoms with Gasteiger partial charge >= 0.3 is 6.03 Å². The molecule has 4 nitrogen and oxygen atoms in total. The molecule has 2 aliphatic rings. The fourth-order valence-electron chi connectivity index (χ4n) is 3.74. The van der Waals surface area contributed by atoms with E-state index in [0.717, 1.165) is 23.4 Å². The van der Waals surface area contributed by atoms with Crippen LogP contribution in [0.4, 0.5) is 10.5 Å². The molecule has 124 valence electrons. The molecule has 1 atom stereocenters. The zero-order valence-electron chi connectivity index (χ0n) is 14.3. The van der Waals surface area contributed by atoms with E-state index in [4.69, 9.17) is 4.74 Å². The number of anilines is 1. The van der Waals surface area contributed by atoms with Gasteiger partial charge in [-0.25, -0.2) is 4.79 Å². The lowest BCUT2D eigenvalue weighted by Gasteiger charge is -2.43. The number of rotatable bonds is 1. The minimum atomic E-state index is -0.297. The Balaban J connectivity index is 1.95. The Morgan fingerprint density at radius 3 is 2.58 bits per heavy atom. The van der Waals surface area contributed by atoms with Crippen LogP contribution in [0.25, 0.3) is 0 Å². The smallest absolute Gasteiger partial charge is 0.323 e. The third kappa shape index (κ3) is 2.25. The van der Waals surface area contributed by atoms with E-state index in [-0.39, 0.29) is 17.6 Å². The average Bonchev–Trinajstić information content (AvgIpc) is 3.02. The van der Waals surface area contributed by atoms with Crippen molar-refractivity contribution >= 4 is 11.7 Å². The molecule has 2 amide bonds. The van der Waals surface area contributed by atoms with Crippen LogP contribution in [0.15, 0.2) is 42.5 Å². The summed E-state index contributed by atoms with van der Waals surface area (Å²) in [5, 5.41) is 3.21. The largest absolute Gasteiger partial charge is 0.493 e. The third-order valence-electron chi connectivity index (χ3n) is 4.70. The van der Waals surface area contributed by atoms with E-state index in [2.05, 4.69) is 38.2 Å². The summed E-state index contributed by atoms with van der Waals surface area (Å²) < 4.78 is 5.77. The average molecular weight is 322 g/mol. The van der Waals surface area contributed by atoms with Gasteiger partial charge in [-0.1, -0.05) is 30.3 Å². The summed E-state index contributed by atoms with van der Waals surface area (Å²) >= 11 is 0. The van der Waals surface area contributed by atoms with E-state index in [9.17, 15) is 4.79 Å². The highest BCUT2D eigenvalue weighted by molar-refractivity contribution is 5.98. The lowest BCUT2D eigenvalue weighted by atomic mass is 9.88. The van der Waals surface area contributed by atoms with Crippen LogP contribution in [0.3, 0.4) is 0 Å². The van der Waals surface area contributed by atoms with Crippen molar-refractivity contribution in [3.05, 3.63) is 59.2 Å². The highest BCUT2D eigenvalue weighted by Gasteiger charge is 2.40. The second kappa shape index (κ2) is 5.26. The zero-order chi connectivity index (χ0) is 16.9. The fraction of sp³-hybridized carbons (Fsp3) is 0.350. The van der Waals surface area contributed by atoms with E-state index in [0.29, 0.717) is 6.61 Å². The van der Waals surface area contributed by atoms with Crippen LogP contribution in [0.5, 0.6) is 5.75 Å². The first kappa shape index (κ1) is 15.1. The third-order valence-corrected chi connectivity index (χ3v) is 4.70. The highest BCUT2D eigenvalue weighted by Crippen LogP contribution is 2.44. The maximum Gasteiger partial charge on any atom is 0.323 e. The zero-order valence-corrected chi connectivity index (χ0v) is 14.3. The van der Waals surface area contributed by atoms with Crippen molar-refractivity contribution in [3.8, 4) is 5.75 Å². The predicted molar refractivity (Wildman–Crippen MR) is 94.7 cm³/mol. The monoisotopic (exact) mass is 322 g/mol. The van der Waals surface area contributed by atoms with Crippen molar-refractivity contribution in [2.75, 3.05) is 11.5 Å². The molecule has 2 aromatic rings. The van der Waals surface area contributed by atoms with Crippen molar-refractivity contribution in [1.82, 2.24) is 5.32 Å². The van der Waals surface area contributed by atoms with Crippen molar-refractivity contribution in [2.45, 2.75) is 38.8 Å². The number of hydrogen-bond donors (Lipinski definition) is 1. The minimum Gasteiger partial charge on any atom is -0.493 e. The van der Waals surface area contributed by atoms with Gasteiger partial charge in [-0.15, -0.1) is 0 Å². The van der Waals surface area contributed by atoms with Crippen molar-refractivity contribution in [1.29, 1.82) is 0 Å². The van der Waals surface area contributed by atoms with Gasteiger partial charge < -0.3 is 10.1 Å². The van der Waals surface area contributed by atoms with Gasteiger partial charge in [0.05, 0.1) is 18.3 Å². The molecule has 2 aliphatic heterocycles. The van der Waals surface area contributed by atoms with Gasteiger partial charge in [-0.05, 0) is 38.5 Å². The maximum absolute atomic E-state index is 12.9. The molecule has 4 rings (SSSR count). The minimum absolute atomic E-state index is 0.0530. The van der Waals surface area contributed by atoms with Crippen LogP contribution in [-0.4, -0.2) is 18.2 Å². The topological polar surface area (TPSA) is 41.6 Å². The van der Waals surface area contributed by atoms with E-state index < -0.39 is 0 Å². The summed E-state index contributed by atoms with van der Waals surface area (Å²) in [5.74, 6) is 0.944. The van der Waals surface area contributed by atoms with Crippen LogP contribution >= 0.6 is 0 Å². The number of hydrogen-bond acceptors (Lipinski definition) is 2. The number of amides is 2. The molecule has 1 N–H and O–H groups in total. The molecule has 0 radical (unpaired) electrons. The Bertz CT molecular complexity index is 793. The molecular weight excluding hydrogens is 300 g/mol. The molecule has 0 aromatic heterocycles. The summed E-state index contributed by atoms with van der Waals surface area (Å²) in [4.78, 5) is 14.7. The first-order valence-corrected chi connectivity index (χ1v) is 8.41. The van der Waals surface area contributed by atoms with Gasteiger partial charge in [0, 0.05) is 23.1 Å².